The smallest absolute Gasteiger partial charge is 0.255 e. The number of pyridine rings is 1. The Morgan fingerprint density at radius 3 is 2.33 bits per heavy atom. The number of sulfonamides is 1. The second-order valence-corrected chi connectivity index (χ2v) is 8.89. The van der Waals surface area contributed by atoms with Crippen LogP contribution in [0.25, 0.3) is 11.1 Å². The van der Waals surface area contributed by atoms with Crippen molar-refractivity contribution in [2.45, 2.75) is 31.7 Å². The van der Waals surface area contributed by atoms with Gasteiger partial charge in [0, 0.05) is 29.1 Å². The molecule has 1 aromatic heterocycles. The van der Waals surface area contributed by atoms with E-state index in [2.05, 4.69) is 15.0 Å². The lowest BCUT2D eigenvalue weighted by Gasteiger charge is -2.12. The standard InChI is InChI=1S/C22H22FN3O3S/c1-14(2)26-30(28,29)20-8-6-16(7-9-20)22(27)25-21-11-17(5-4-15(21)3)18-10-19(23)13-24-12-18/h4-14,26H,1-3H3,(H,25,27). The number of carbonyl (C=O) groups is 1. The molecule has 0 bridgehead atoms. The Balaban J connectivity index is 1.81. The molecule has 3 aromatic rings. The number of amides is 1. The number of benzene rings is 2. The molecular weight excluding hydrogens is 405 g/mol. The van der Waals surface area contributed by atoms with Crippen molar-refractivity contribution in [2.75, 3.05) is 5.32 Å². The predicted molar refractivity (Wildman–Crippen MR) is 114 cm³/mol. The lowest BCUT2D eigenvalue weighted by atomic mass is 10.0. The second kappa shape index (κ2) is 8.73. The predicted octanol–water partition coefficient (Wildman–Crippen LogP) is 4.14. The van der Waals surface area contributed by atoms with Crippen molar-refractivity contribution in [1.82, 2.24) is 9.71 Å². The first-order valence-electron chi connectivity index (χ1n) is 9.31. The zero-order valence-corrected chi connectivity index (χ0v) is 17.6. The highest BCUT2D eigenvalue weighted by Gasteiger charge is 2.16. The SMILES string of the molecule is Cc1ccc(-c2cncc(F)c2)cc1NC(=O)c1ccc(S(=O)(=O)NC(C)C)cc1. The van der Waals surface area contributed by atoms with Crippen LogP contribution in [0.4, 0.5) is 10.1 Å². The Morgan fingerprint density at radius 2 is 1.70 bits per heavy atom. The van der Waals surface area contributed by atoms with Crippen LogP contribution in [0.1, 0.15) is 29.8 Å². The van der Waals surface area contributed by atoms with Gasteiger partial charge in [0.25, 0.3) is 5.91 Å². The number of aromatic nitrogens is 1. The lowest BCUT2D eigenvalue weighted by Crippen LogP contribution is -2.30. The fourth-order valence-corrected chi connectivity index (χ4v) is 4.12. The molecule has 0 saturated heterocycles. The molecule has 0 aliphatic rings. The summed E-state index contributed by atoms with van der Waals surface area (Å²) >= 11 is 0. The molecule has 0 aliphatic carbocycles. The highest BCUT2D eigenvalue weighted by Crippen LogP contribution is 2.26. The first-order valence-corrected chi connectivity index (χ1v) is 10.8. The molecule has 156 valence electrons. The average molecular weight is 428 g/mol. The summed E-state index contributed by atoms with van der Waals surface area (Å²) in [6.45, 7) is 5.31. The van der Waals surface area contributed by atoms with Gasteiger partial charge in [0.05, 0.1) is 11.1 Å². The van der Waals surface area contributed by atoms with E-state index >= 15 is 0 Å². The van der Waals surface area contributed by atoms with Gasteiger partial charge in [0.1, 0.15) is 5.82 Å². The minimum atomic E-state index is -3.63. The summed E-state index contributed by atoms with van der Waals surface area (Å²) in [7, 11) is -3.63. The van der Waals surface area contributed by atoms with Crippen LogP contribution in [-0.4, -0.2) is 25.4 Å². The molecular formula is C22H22FN3O3S. The van der Waals surface area contributed by atoms with Gasteiger partial charge in [-0.15, -0.1) is 0 Å². The molecule has 3 rings (SSSR count). The van der Waals surface area contributed by atoms with Gasteiger partial charge in [-0.25, -0.2) is 17.5 Å². The molecule has 0 unspecified atom stereocenters. The number of rotatable bonds is 6. The number of anilines is 1. The third-order valence-corrected chi connectivity index (χ3v) is 6.02. The topological polar surface area (TPSA) is 88.2 Å². The minimum Gasteiger partial charge on any atom is -0.322 e. The van der Waals surface area contributed by atoms with Gasteiger partial charge in [-0.05, 0) is 68.3 Å². The van der Waals surface area contributed by atoms with Crippen molar-refractivity contribution in [2.24, 2.45) is 0 Å². The van der Waals surface area contributed by atoms with Crippen LogP contribution in [0.3, 0.4) is 0 Å². The van der Waals surface area contributed by atoms with Crippen molar-refractivity contribution >= 4 is 21.6 Å². The molecule has 30 heavy (non-hydrogen) atoms. The van der Waals surface area contributed by atoms with Crippen molar-refractivity contribution in [3.63, 3.8) is 0 Å². The van der Waals surface area contributed by atoms with E-state index in [-0.39, 0.29) is 16.8 Å². The number of hydrogen-bond donors (Lipinski definition) is 2. The molecule has 0 radical (unpaired) electrons. The van der Waals surface area contributed by atoms with Crippen LogP contribution < -0.4 is 10.0 Å². The number of halogens is 1. The van der Waals surface area contributed by atoms with E-state index in [0.29, 0.717) is 22.4 Å². The van der Waals surface area contributed by atoms with Crippen LogP contribution in [0.15, 0.2) is 65.8 Å². The van der Waals surface area contributed by atoms with E-state index in [0.717, 1.165) is 11.8 Å². The molecule has 2 N–H and O–H groups in total. The van der Waals surface area contributed by atoms with E-state index in [1.54, 1.807) is 26.1 Å². The Bertz CT molecular complexity index is 1180. The van der Waals surface area contributed by atoms with Gasteiger partial charge in [0.2, 0.25) is 10.0 Å². The monoisotopic (exact) mass is 427 g/mol. The molecule has 6 nitrogen and oxygen atoms in total. The summed E-state index contributed by atoms with van der Waals surface area (Å²) in [5.74, 6) is -0.825. The van der Waals surface area contributed by atoms with Gasteiger partial charge >= 0.3 is 0 Å². The Kier molecular flexibility index (Phi) is 6.28. The quantitative estimate of drug-likeness (QED) is 0.619. The third kappa shape index (κ3) is 5.08. The summed E-state index contributed by atoms with van der Waals surface area (Å²) in [6, 6.07) is 12.2. The fraction of sp³-hybridized carbons (Fsp3) is 0.182. The number of hydrogen-bond acceptors (Lipinski definition) is 4. The highest BCUT2D eigenvalue weighted by molar-refractivity contribution is 7.89. The first-order chi connectivity index (χ1) is 14.2. The zero-order chi connectivity index (χ0) is 21.9. The van der Waals surface area contributed by atoms with Crippen LogP contribution in [0.2, 0.25) is 0 Å². The molecule has 8 heteroatoms. The summed E-state index contributed by atoms with van der Waals surface area (Å²) < 4.78 is 40.4. The summed E-state index contributed by atoms with van der Waals surface area (Å²) in [6.07, 6.45) is 2.67. The van der Waals surface area contributed by atoms with Gasteiger partial charge in [-0.3, -0.25) is 9.78 Å². The number of aryl methyl sites for hydroxylation is 1. The molecule has 2 aromatic carbocycles. The number of nitrogens with one attached hydrogen (secondary N) is 2. The minimum absolute atomic E-state index is 0.0875. The number of carbonyl (C=O) groups excluding carboxylic acids is 1. The van der Waals surface area contributed by atoms with Crippen molar-refractivity contribution in [3.8, 4) is 11.1 Å². The maximum absolute atomic E-state index is 13.5. The van der Waals surface area contributed by atoms with Gasteiger partial charge in [0.15, 0.2) is 0 Å². The van der Waals surface area contributed by atoms with E-state index < -0.39 is 15.8 Å². The van der Waals surface area contributed by atoms with Crippen molar-refractivity contribution < 1.29 is 17.6 Å². The van der Waals surface area contributed by atoms with E-state index in [1.807, 2.05) is 19.1 Å². The van der Waals surface area contributed by atoms with Gasteiger partial charge < -0.3 is 5.32 Å². The number of nitrogens with zero attached hydrogens (tertiary/aromatic N) is 1. The zero-order valence-electron chi connectivity index (χ0n) is 16.8. The Hall–Kier alpha value is -3.10. The van der Waals surface area contributed by atoms with Crippen LogP contribution >= 0.6 is 0 Å². The molecule has 1 heterocycles. The molecule has 0 spiro atoms. The average Bonchev–Trinajstić information content (AvgIpc) is 2.69. The van der Waals surface area contributed by atoms with E-state index in [9.17, 15) is 17.6 Å². The maximum atomic E-state index is 13.5. The van der Waals surface area contributed by atoms with E-state index in [1.165, 1.54) is 30.3 Å². The summed E-state index contributed by atoms with van der Waals surface area (Å²) in [5, 5.41) is 2.82. The molecule has 0 saturated carbocycles. The van der Waals surface area contributed by atoms with E-state index in [4.69, 9.17) is 0 Å². The van der Waals surface area contributed by atoms with Crippen LogP contribution in [-0.2, 0) is 10.0 Å². The maximum Gasteiger partial charge on any atom is 0.255 e. The highest BCUT2D eigenvalue weighted by atomic mass is 32.2. The fourth-order valence-electron chi connectivity index (χ4n) is 2.86. The second-order valence-electron chi connectivity index (χ2n) is 7.18. The lowest BCUT2D eigenvalue weighted by molar-refractivity contribution is 0.102. The molecule has 0 atom stereocenters. The van der Waals surface area contributed by atoms with Gasteiger partial charge in [-0.1, -0.05) is 12.1 Å². The van der Waals surface area contributed by atoms with Crippen LogP contribution in [0.5, 0.6) is 0 Å². The van der Waals surface area contributed by atoms with Crippen molar-refractivity contribution in [3.05, 3.63) is 77.9 Å². The molecule has 0 aliphatic heterocycles. The Morgan fingerprint density at radius 1 is 1.00 bits per heavy atom. The summed E-state index contributed by atoms with van der Waals surface area (Å²) in [4.78, 5) is 16.6. The third-order valence-electron chi connectivity index (χ3n) is 4.34. The van der Waals surface area contributed by atoms with Crippen molar-refractivity contribution in [1.29, 1.82) is 0 Å². The first kappa shape index (κ1) is 21.6. The largest absolute Gasteiger partial charge is 0.322 e. The van der Waals surface area contributed by atoms with Crippen LogP contribution in [0, 0.1) is 12.7 Å². The summed E-state index contributed by atoms with van der Waals surface area (Å²) in [5.41, 5.74) is 3.02. The molecule has 0 fully saturated rings. The molecule has 1 amide bonds. The van der Waals surface area contributed by atoms with Gasteiger partial charge in [-0.2, -0.15) is 0 Å². The normalized spacial score (nSPS) is 11.5. The Labute approximate surface area is 175 Å².